The van der Waals surface area contributed by atoms with E-state index in [0.29, 0.717) is 4.60 Å². The van der Waals surface area contributed by atoms with Gasteiger partial charge in [-0.3, -0.25) is 0 Å². The fourth-order valence-electron chi connectivity index (χ4n) is 0.526. The summed E-state index contributed by atoms with van der Waals surface area (Å²) in [7, 11) is -4.95. The Morgan fingerprint density at radius 3 is 2.58 bits per heavy atom. The molecule has 0 bridgehead atoms. The lowest BCUT2D eigenvalue weighted by molar-refractivity contribution is 0.439. The summed E-state index contributed by atoms with van der Waals surface area (Å²) in [5.41, 5.74) is 0. The first-order valence-electron chi connectivity index (χ1n) is 2.73. The lowest BCUT2D eigenvalue weighted by Crippen LogP contribution is -2.01. The summed E-state index contributed by atoms with van der Waals surface area (Å²) in [5, 5.41) is 0. The van der Waals surface area contributed by atoms with Crippen molar-refractivity contribution in [2.75, 3.05) is 0 Å². The molecule has 1 heterocycles. The minimum absolute atomic E-state index is 0.166. The molecular weight excluding hydrogens is 253 g/mol. The van der Waals surface area contributed by atoms with Crippen molar-refractivity contribution in [1.82, 2.24) is 4.98 Å². The van der Waals surface area contributed by atoms with Crippen LogP contribution in [-0.4, -0.2) is 13.4 Å². The number of hydrogen-bond donors (Lipinski definition) is 0. The zero-order valence-corrected chi connectivity index (χ0v) is 7.97. The molecule has 0 aliphatic heterocycles. The van der Waals surface area contributed by atoms with Crippen LogP contribution in [0, 0.1) is 0 Å². The highest BCUT2D eigenvalue weighted by Crippen LogP contribution is 2.14. The lowest BCUT2D eigenvalue weighted by atomic mass is 10.5. The Labute approximate surface area is 76.9 Å². The molecule has 4 nitrogen and oxygen atoms in total. The van der Waals surface area contributed by atoms with Crippen LogP contribution in [0.2, 0.25) is 0 Å². The molecule has 7 heteroatoms. The van der Waals surface area contributed by atoms with E-state index in [4.69, 9.17) is 0 Å². The summed E-state index contributed by atoms with van der Waals surface area (Å²) in [6.07, 6.45) is 1.08. The summed E-state index contributed by atoms with van der Waals surface area (Å²) in [5.74, 6) is -0.166. The van der Waals surface area contributed by atoms with Gasteiger partial charge in [-0.05, 0) is 28.1 Å². The van der Waals surface area contributed by atoms with Crippen LogP contribution in [0.15, 0.2) is 22.9 Å². The van der Waals surface area contributed by atoms with Crippen molar-refractivity contribution >= 4 is 26.4 Å². The molecule has 0 saturated heterocycles. The first-order chi connectivity index (χ1) is 5.47. The molecule has 0 saturated carbocycles. The summed E-state index contributed by atoms with van der Waals surface area (Å²) >= 11 is 3.02. The van der Waals surface area contributed by atoms with Gasteiger partial charge in [0.1, 0.15) is 4.60 Å². The average molecular weight is 256 g/mol. The predicted molar refractivity (Wildman–Crippen MR) is 42.6 cm³/mol. The van der Waals surface area contributed by atoms with Gasteiger partial charge in [0.05, 0.1) is 6.20 Å². The van der Waals surface area contributed by atoms with Crippen molar-refractivity contribution in [1.29, 1.82) is 0 Å². The molecule has 0 spiro atoms. The standard InChI is InChI=1S/C5H3BrFNO3S/c6-5-2-1-4(3-8-5)11-12(7,9)10/h1-3H. The van der Waals surface area contributed by atoms with Gasteiger partial charge in [0.15, 0.2) is 5.75 Å². The second-order valence-electron chi connectivity index (χ2n) is 1.79. The van der Waals surface area contributed by atoms with Crippen molar-refractivity contribution in [2.45, 2.75) is 0 Å². The molecule has 0 amide bonds. The molecule has 12 heavy (non-hydrogen) atoms. The van der Waals surface area contributed by atoms with Crippen LogP contribution in [0.25, 0.3) is 0 Å². The van der Waals surface area contributed by atoms with E-state index in [1.807, 2.05) is 0 Å². The van der Waals surface area contributed by atoms with E-state index in [-0.39, 0.29) is 5.75 Å². The van der Waals surface area contributed by atoms with E-state index >= 15 is 0 Å². The largest absolute Gasteiger partial charge is 0.488 e. The smallest absolute Gasteiger partial charge is 0.357 e. The van der Waals surface area contributed by atoms with Gasteiger partial charge < -0.3 is 4.18 Å². The first-order valence-corrected chi connectivity index (χ1v) is 4.83. The molecule has 1 aromatic rings. The molecule has 0 aliphatic carbocycles. The summed E-state index contributed by atoms with van der Waals surface area (Å²) in [6, 6.07) is 2.70. The molecule has 0 unspecified atom stereocenters. The Bertz CT molecular complexity index is 363. The van der Waals surface area contributed by atoms with Crippen LogP contribution in [0.1, 0.15) is 0 Å². The third kappa shape index (κ3) is 3.14. The molecule has 0 aromatic carbocycles. The molecule has 0 N–H and O–H groups in total. The highest BCUT2D eigenvalue weighted by Gasteiger charge is 2.08. The van der Waals surface area contributed by atoms with Gasteiger partial charge in [-0.1, -0.05) is 3.89 Å². The van der Waals surface area contributed by atoms with E-state index in [1.54, 1.807) is 0 Å². The van der Waals surface area contributed by atoms with Crippen molar-refractivity contribution in [2.24, 2.45) is 0 Å². The Kier molecular flexibility index (Phi) is 2.63. The fourth-order valence-corrected chi connectivity index (χ4v) is 1.09. The Morgan fingerprint density at radius 1 is 1.50 bits per heavy atom. The Balaban J connectivity index is 2.85. The van der Waals surface area contributed by atoms with Gasteiger partial charge in [0, 0.05) is 0 Å². The molecule has 66 valence electrons. The highest BCUT2D eigenvalue weighted by molar-refractivity contribution is 9.10. The van der Waals surface area contributed by atoms with E-state index in [0.717, 1.165) is 6.20 Å². The minimum atomic E-state index is -4.95. The topological polar surface area (TPSA) is 56.3 Å². The second-order valence-corrected chi connectivity index (χ2v) is 3.56. The van der Waals surface area contributed by atoms with Crippen molar-refractivity contribution < 1.29 is 16.5 Å². The van der Waals surface area contributed by atoms with E-state index in [1.165, 1.54) is 12.1 Å². The monoisotopic (exact) mass is 255 g/mol. The number of pyridine rings is 1. The van der Waals surface area contributed by atoms with Crippen molar-refractivity contribution in [3.8, 4) is 5.75 Å². The van der Waals surface area contributed by atoms with Crippen LogP contribution in [-0.2, 0) is 10.5 Å². The summed E-state index contributed by atoms with van der Waals surface area (Å²) < 4.78 is 36.2. The maximum absolute atomic E-state index is 11.9. The molecule has 0 radical (unpaired) electrons. The van der Waals surface area contributed by atoms with E-state index in [2.05, 4.69) is 25.1 Å². The third-order valence-electron chi connectivity index (χ3n) is 0.896. The Morgan fingerprint density at radius 2 is 2.17 bits per heavy atom. The minimum Gasteiger partial charge on any atom is -0.357 e. The molecule has 0 fully saturated rings. The van der Waals surface area contributed by atoms with E-state index < -0.39 is 10.5 Å². The molecule has 0 atom stereocenters. The maximum Gasteiger partial charge on any atom is 0.488 e. The van der Waals surface area contributed by atoms with Crippen LogP contribution < -0.4 is 4.18 Å². The number of nitrogens with zero attached hydrogens (tertiary/aromatic N) is 1. The molecule has 1 rings (SSSR count). The first kappa shape index (κ1) is 9.40. The van der Waals surface area contributed by atoms with Crippen LogP contribution in [0.5, 0.6) is 5.75 Å². The molecule has 1 aromatic heterocycles. The van der Waals surface area contributed by atoms with Gasteiger partial charge >= 0.3 is 10.5 Å². The van der Waals surface area contributed by atoms with Crippen LogP contribution in [0.3, 0.4) is 0 Å². The Hall–Kier alpha value is -0.690. The number of hydrogen-bond acceptors (Lipinski definition) is 4. The summed E-state index contributed by atoms with van der Waals surface area (Å²) in [4.78, 5) is 3.62. The second kappa shape index (κ2) is 3.36. The number of halogens is 2. The van der Waals surface area contributed by atoms with Gasteiger partial charge in [-0.25, -0.2) is 4.98 Å². The van der Waals surface area contributed by atoms with Crippen molar-refractivity contribution in [3.05, 3.63) is 22.9 Å². The average Bonchev–Trinajstić information content (AvgIpc) is 1.91. The van der Waals surface area contributed by atoms with Crippen LogP contribution in [0.4, 0.5) is 3.89 Å². The SMILES string of the molecule is O=S(=O)(F)Oc1ccc(Br)nc1. The highest BCUT2D eigenvalue weighted by atomic mass is 79.9. The third-order valence-corrected chi connectivity index (χ3v) is 1.76. The normalized spacial score (nSPS) is 11.2. The fraction of sp³-hybridized carbons (Fsp3) is 0. The van der Waals surface area contributed by atoms with Gasteiger partial charge in [-0.2, -0.15) is 8.42 Å². The lowest BCUT2D eigenvalue weighted by Gasteiger charge is -1.97. The number of aromatic nitrogens is 1. The predicted octanol–water partition coefficient (Wildman–Crippen LogP) is 1.44. The number of rotatable bonds is 2. The quantitative estimate of drug-likeness (QED) is 0.593. The van der Waals surface area contributed by atoms with Crippen molar-refractivity contribution in [3.63, 3.8) is 0 Å². The maximum atomic E-state index is 11.9. The van der Waals surface area contributed by atoms with Crippen LogP contribution >= 0.6 is 15.9 Å². The molecule has 0 aliphatic rings. The van der Waals surface area contributed by atoms with E-state index in [9.17, 15) is 12.3 Å². The van der Waals surface area contributed by atoms with Gasteiger partial charge in [-0.15, -0.1) is 0 Å². The summed E-state index contributed by atoms with van der Waals surface area (Å²) in [6.45, 7) is 0. The zero-order chi connectivity index (χ0) is 9.19. The van der Waals surface area contributed by atoms with Gasteiger partial charge in [0.25, 0.3) is 0 Å². The zero-order valence-electron chi connectivity index (χ0n) is 5.57. The van der Waals surface area contributed by atoms with Gasteiger partial charge in [0.2, 0.25) is 0 Å². The molecular formula is C5H3BrFNO3S.